The molecule has 1 aromatic heterocycles. The first-order valence-corrected chi connectivity index (χ1v) is 8.21. The maximum absolute atomic E-state index is 9.88. The number of allylic oxidation sites excluding steroid dienone is 2. The zero-order valence-corrected chi connectivity index (χ0v) is 13.7. The molecule has 0 saturated heterocycles. The van der Waals surface area contributed by atoms with Crippen LogP contribution >= 0.6 is 11.3 Å². The summed E-state index contributed by atoms with van der Waals surface area (Å²) in [6, 6.07) is 9.78. The molecule has 2 aromatic rings. The summed E-state index contributed by atoms with van der Waals surface area (Å²) in [6.07, 6.45) is 7.12. The Morgan fingerprint density at radius 3 is 2.82 bits per heavy atom. The number of hydrogen-bond donors (Lipinski definition) is 1. The number of hydrogen-bond acceptors (Lipinski definition) is 2. The molecule has 0 spiro atoms. The van der Waals surface area contributed by atoms with Gasteiger partial charge in [-0.25, -0.2) is 0 Å². The first-order valence-electron chi connectivity index (χ1n) is 7.33. The quantitative estimate of drug-likeness (QED) is 0.640. The van der Waals surface area contributed by atoms with Crippen molar-refractivity contribution in [3.05, 3.63) is 64.9 Å². The van der Waals surface area contributed by atoms with Crippen molar-refractivity contribution in [3.8, 4) is 5.75 Å². The van der Waals surface area contributed by atoms with E-state index in [1.54, 1.807) is 17.4 Å². The second kappa shape index (κ2) is 5.58. The minimum Gasteiger partial charge on any atom is -0.508 e. The van der Waals surface area contributed by atoms with Crippen molar-refractivity contribution in [1.29, 1.82) is 0 Å². The maximum atomic E-state index is 9.88. The molecule has 0 radical (unpaired) electrons. The Morgan fingerprint density at radius 2 is 2.14 bits per heavy atom. The Kier molecular flexibility index (Phi) is 3.75. The molecule has 1 aromatic carbocycles. The van der Waals surface area contributed by atoms with E-state index >= 15 is 0 Å². The molecule has 2 heterocycles. The number of thiophene rings is 1. The predicted molar refractivity (Wildman–Crippen MR) is 94.5 cm³/mol. The minimum atomic E-state index is -0.168. The van der Waals surface area contributed by atoms with Crippen molar-refractivity contribution in [2.45, 2.75) is 18.8 Å². The van der Waals surface area contributed by atoms with Gasteiger partial charge in [-0.3, -0.25) is 0 Å². The Morgan fingerprint density at radius 1 is 1.32 bits per heavy atom. The predicted octanol–water partition coefficient (Wildman–Crippen LogP) is 4.73. The fraction of sp³-hybridized carbons (Fsp3) is 0.211. The zero-order valence-electron chi connectivity index (χ0n) is 12.9. The van der Waals surface area contributed by atoms with Crippen LogP contribution in [0, 0.1) is 0 Å². The van der Waals surface area contributed by atoms with Crippen LogP contribution in [-0.2, 0) is 5.41 Å². The normalized spacial score (nSPS) is 20.6. The third-order valence-corrected chi connectivity index (χ3v) is 5.20. The lowest BCUT2D eigenvalue weighted by molar-refractivity contribution is -0.401. The summed E-state index contributed by atoms with van der Waals surface area (Å²) in [6.45, 7) is 6.13. The molecule has 112 valence electrons. The van der Waals surface area contributed by atoms with E-state index in [9.17, 15) is 5.11 Å². The molecule has 0 saturated carbocycles. The lowest BCUT2D eigenvalue weighted by atomic mass is 9.76. The molecule has 3 heteroatoms. The molecule has 3 rings (SSSR count). The van der Waals surface area contributed by atoms with Gasteiger partial charge in [-0.15, -0.1) is 17.9 Å². The Hall–Kier alpha value is -2.13. The summed E-state index contributed by atoms with van der Waals surface area (Å²) < 4.78 is 2.21. The van der Waals surface area contributed by atoms with E-state index in [1.807, 2.05) is 18.2 Å². The van der Waals surface area contributed by atoms with Gasteiger partial charge >= 0.3 is 0 Å². The van der Waals surface area contributed by atoms with E-state index < -0.39 is 0 Å². The molecule has 0 bridgehead atoms. The standard InChI is InChI=1S/C19H19NOS/c1-4-11-19(2)16-13-14(21)7-9-17(16)20(3)18(19)10-8-15-6-5-12-22-15/h4-10,12-13H,1,11H2,2-3H3/p+1. The highest BCUT2D eigenvalue weighted by molar-refractivity contribution is 7.10. The zero-order chi connectivity index (χ0) is 15.7. The number of aromatic hydroxyl groups is 1. The van der Waals surface area contributed by atoms with Crippen LogP contribution < -0.4 is 0 Å². The molecular weight excluding hydrogens is 290 g/mol. The Balaban J connectivity index is 2.11. The molecule has 2 nitrogen and oxygen atoms in total. The fourth-order valence-corrected chi connectivity index (χ4v) is 3.86. The summed E-state index contributed by atoms with van der Waals surface area (Å²) >= 11 is 1.73. The molecule has 1 aliphatic rings. The van der Waals surface area contributed by atoms with E-state index in [-0.39, 0.29) is 5.41 Å². The van der Waals surface area contributed by atoms with Crippen LogP contribution in [0.5, 0.6) is 5.75 Å². The minimum absolute atomic E-state index is 0.168. The van der Waals surface area contributed by atoms with Crippen LogP contribution in [0.15, 0.2) is 54.4 Å². The van der Waals surface area contributed by atoms with E-state index in [4.69, 9.17) is 0 Å². The number of nitrogens with zero attached hydrogens (tertiary/aromatic N) is 1. The SMILES string of the molecule is C=CCC1(C)C(C=Cc2cccs2)=[N+](C)c2ccc(O)cc21. The maximum Gasteiger partial charge on any atom is 0.209 e. The molecular formula is C19H20NOS+. The highest BCUT2D eigenvalue weighted by Gasteiger charge is 2.45. The molecule has 1 aliphatic heterocycles. The number of rotatable bonds is 4. The van der Waals surface area contributed by atoms with Crippen LogP contribution in [0.4, 0.5) is 5.69 Å². The Bertz CT molecular complexity index is 771. The van der Waals surface area contributed by atoms with Gasteiger partial charge in [0.25, 0.3) is 0 Å². The van der Waals surface area contributed by atoms with Crippen molar-refractivity contribution < 1.29 is 9.68 Å². The van der Waals surface area contributed by atoms with Crippen molar-refractivity contribution in [3.63, 3.8) is 0 Å². The van der Waals surface area contributed by atoms with Crippen molar-refractivity contribution in [2.24, 2.45) is 0 Å². The van der Waals surface area contributed by atoms with Crippen molar-refractivity contribution in [1.82, 2.24) is 0 Å². The lowest BCUT2D eigenvalue weighted by Crippen LogP contribution is -2.29. The first kappa shape index (κ1) is 14.8. The molecule has 0 fully saturated rings. The van der Waals surface area contributed by atoms with Gasteiger partial charge in [0.05, 0.1) is 5.41 Å². The van der Waals surface area contributed by atoms with Gasteiger partial charge in [-0.2, -0.15) is 4.58 Å². The number of benzene rings is 1. The third kappa shape index (κ3) is 2.32. The monoisotopic (exact) mass is 310 g/mol. The van der Waals surface area contributed by atoms with E-state index in [0.29, 0.717) is 5.75 Å². The van der Waals surface area contributed by atoms with Gasteiger partial charge in [-0.05, 0) is 43.0 Å². The Labute approximate surface area is 135 Å². The third-order valence-electron chi connectivity index (χ3n) is 4.36. The van der Waals surface area contributed by atoms with Crippen LogP contribution in [0.3, 0.4) is 0 Å². The second-order valence-electron chi connectivity index (χ2n) is 5.82. The molecule has 1 N–H and O–H groups in total. The van der Waals surface area contributed by atoms with Crippen LogP contribution in [0.25, 0.3) is 6.08 Å². The smallest absolute Gasteiger partial charge is 0.209 e. The first-order chi connectivity index (χ1) is 10.6. The van der Waals surface area contributed by atoms with Gasteiger partial charge in [0, 0.05) is 22.6 Å². The average Bonchev–Trinajstić information content (AvgIpc) is 3.06. The van der Waals surface area contributed by atoms with Crippen LogP contribution in [-0.4, -0.2) is 22.4 Å². The summed E-state index contributed by atoms with van der Waals surface area (Å²) in [4.78, 5) is 1.24. The van der Waals surface area contributed by atoms with Crippen molar-refractivity contribution in [2.75, 3.05) is 7.05 Å². The molecule has 0 aliphatic carbocycles. The van der Waals surface area contributed by atoms with Gasteiger partial charge < -0.3 is 5.11 Å². The number of phenolic OH excluding ortho intramolecular Hbond substituents is 1. The largest absolute Gasteiger partial charge is 0.508 e. The van der Waals surface area contributed by atoms with Crippen molar-refractivity contribution >= 4 is 28.8 Å². The highest BCUT2D eigenvalue weighted by atomic mass is 32.1. The second-order valence-corrected chi connectivity index (χ2v) is 6.80. The van der Waals surface area contributed by atoms with Gasteiger partial charge in [0.15, 0.2) is 5.71 Å². The van der Waals surface area contributed by atoms with Gasteiger partial charge in [-0.1, -0.05) is 12.1 Å². The van der Waals surface area contributed by atoms with Crippen LogP contribution in [0.1, 0.15) is 23.8 Å². The molecule has 1 atom stereocenters. The topological polar surface area (TPSA) is 23.2 Å². The van der Waals surface area contributed by atoms with Gasteiger partial charge in [0.2, 0.25) is 5.69 Å². The highest BCUT2D eigenvalue weighted by Crippen LogP contribution is 2.43. The number of fused-ring (bicyclic) bond motifs is 1. The summed E-state index contributed by atoms with van der Waals surface area (Å²) in [7, 11) is 2.08. The lowest BCUT2D eigenvalue weighted by Gasteiger charge is -2.20. The number of phenols is 1. The molecule has 1 unspecified atom stereocenters. The van der Waals surface area contributed by atoms with Crippen LogP contribution in [0.2, 0.25) is 0 Å². The molecule has 22 heavy (non-hydrogen) atoms. The van der Waals surface area contributed by atoms with E-state index in [0.717, 1.165) is 17.7 Å². The van der Waals surface area contributed by atoms with E-state index in [1.165, 1.54) is 10.6 Å². The fourth-order valence-electron chi connectivity index (χ4n) is 3.24. The summed E-state index contributed by atoms with van der Waals surface area (Å²) in [5.74, 6) is 0.311. The summed E-state index contributed by atoms with van der Waals surface area (Å²) in [5.41, 5.74) is 3.35. The summed E-state index contributed by atoms with van der Waals surface area (Å²) in [5, 5.41) is 12.0. The van der Waals surface area contributed by atoms with E-state index in [2.05, 4.69) is 54.8 Å². The molecule has 0 amide bonds. The van der Waals surface area contributed by atoms with Gasteiger partial charge in [0.1, 0.15) is 12.8 Å². The average molecular weight is 310 g/mol.